The first kappa shape index (κ1) is 19.9. The number of hydrogen-bond donors (Lipinski definition) is 0. The van der Waals surface area contributed by atoms with Gasteiger partial charge in [0, 0.05) is 38.9 Å². The number of ether oxygens (including phenoxy) is 1. The van der Waals surface area contributed by atoms with Crippen molar-refractivity contribution in [2.75, 3.05) is 37.6 Å². The van der Waals surface area contributed by atoms with Gasteiger partial charge in [-0.25, -0.2) is 14.8 Å². The second-order valence-corrected chi connectivity index (χ2v) is 9.42. The third-order valence-corrected chi connectivity index (χ3v) is 6.22. The maximum absolute atomic E-state index is 13.1. The van der Waals surface area contributed by atoms with E-state index in [-0.39, 0.29) is 5.91 Å². The number of thiazole rings is 1. The molecule has 2 aliphatic rings. The maximum atomic E-state index is 13.1. The minimum Gasteiger partial charge on any atom is -0.444 e. The number of fused-ring (bicyclic) bond motifs is 1. The summed E-state index contributed by atoms with van der Waals surface area (Å²) in [4.78, 5) is 41.2. The molecule has 2 aromatic rings. The van der Waals surface area contributed by atoms with Crippen LogP contribution in [0.25, 0.3) is 10.3 Å². The molecule has 2 fully saturated rings. The molecule has 0 radical (unpaired) electrons. The fraction of sp³-hybridized carbons (Fsp3) is 0.600. The molecule has 4 heterocycles. The lowest BCUT2D eigenvalue weighted by atomic mass is 10.1. The summed E-state index contributed by atoms with van der Waals surface area (Å²) < 4.78 is 5.49. The third kappa shape index (κ3) is 4.29. The molecular formula is C20H27N5O3S. The number of anilines is 1. The van der Waals surface area contributed by atoms with Gasteiger partial charge < -0.3 is 14.5 Å². The monoisotopic (exact) mass is 417 g/mol. The molecule has 8 nitrogen and oxygen atoms in total. The minimum atomic E-state index is -0.564. The smallest absolute Gasteiger partial charge is 0.410 e. The molecule has 29 heavy (non-hydrogen) atoms. The van der Waals surface area contributed by atoms with Crippen LogP contribution in [0.4, 0.5) is 9.93 Å². The Balaban J connectivity index is 1.37. The molecule has 2 saturated heterocycles. The van der Waals surface area contributed by atoms with Crippen molar-refractivity contribution in [1.82, 2.24) is 19.8 Å². The Hall–Kier alpha value is -2.42. The van der Waals surface area contributed by atoms with E-state index in [9.17, 15) is 9.59 Å². The topological polar surface area (TPSA) is 78.9 Å². The van der Waals surface area contributed by atoms with Gasteiger partial charge in [-0.3, -0.25) is 9.69 Å². The lowest BCUT2D eigenvalue weighted by Crippen LogP contribution is -2.54. The molecule has 0 saturated carbocycles. The van der Waals surface area contributed by atoms with Crippen molar-refractivity contribution in [1.29, 1.82) is 0 Å². The second-order valence-electron chi connectivity index (χ2n) is 8.47. The molecule has 0 spiro atoms. The van der Waals surface area contributed by atoms with E-state index < -0.39 is 17.7 Å². The van der Waals surface area contributed by atoms with Gasteiger partial charge in [0.2, 0.25) is 5.91 Å². The van der Waals surface area contributed by atoms with Crippen LogP contribution < -0.4 is 4.90 Å². The predicted octanol–water partition coefficient (Wildman–Crippen LogP) is 2.74. The number of hydrogen-bond acceptors (Lipinski definition) is 7. The van der Waals surface area contributed by atoms with Crippen LogP contribution in [0.5, 0.6) is 0 Å². The Bertz CT molecular complexity index is 868. The maximum Gasteiger partial charge on any atom is 0.410 e. The summed E-state index contributed by atoms with van der Waals surface area (Å²) in [6.45, 7) is 8.80. The number of rotatable bonds is 2. The highest BCUT2D eigenvalue weighted by Crippen LogP contribution is 2.28. The molecule has 2 amide bonds. The number of amides is 2. The number of carbonyl (C=O) groups excluding carboxylic acids is 2. The summed E-state index contributed by atoms with van der Waals surface area (Å²) in [7, 11) is 0. The molecule has 0 bridgehead atoms. The molecule has 9 heteroatoms. The fourth-order valence-corrected chi connectivity index (χ4v) is 4.75. The quantitative estimate of drug-likeness (QED) is 0.748. The van der Waals surface area contributed by atoms with Gasteiger partial charge >= 0.3 is 6.09 Å². The van der Waals surface area contributed by atoms with Crippen molar-refractivity contribution in [3.63, 3.8) is 0 Å². The van der Waals surface area contributed by atoms with Gasteiger partial charge in [-0.15, -0.1) is 0 Å². The van der Waals surface area contributed by atoms with E-state index in [0.29, 0.717) is 26.1 Å². The number of likely N-dealkylation sites (tertiary alicyclic amines) is 1. The fourth-order valence-electron chi connectivity index (χ4n) is 3.79. The summed E-state index contributed by atoms with van der Waals surface area (Å²) in [5.74, 6) is 0.0268. The Morgan fingerprint density at radius 3 is 2.62 bits per heavy atom. The van der Waals surface area contributed by atoms with Crippen LogP contribution in [0, 0.1) is 0 Å². The highest BCUT2D eigenvalue weighted by atomic mass is 32.1. The Kier molecular flexibility index (Phi) is 5.33. The van der Waals surface area contributed by atoms with Crippen molar-refractivity contribution >= 4 is 38.8 Å². The SMILES string of the molecule is CC(C)(C)OC(=O)N1CCC[C@H]1C(=O)N1CCN(c2nc3cccnc3s2)CC1. The zero-order valence-electron chi connectivity index (χ0n) is 17.1. The van der Waals surface area contributed by atoms with Crippen LogP contribution in [0.3, 0.4) is 0 Å². The standard InChI is InChI=1S/C20H27N5O3S/c1-20(2,3)28-19(27)25-9-5-7-15(25)17(26)23-10-12-24(13-11-23)18-22-14-6-4-8-21-16(14)29-18/h4,6,8,15H,5,7,9-13H2,1-3H3/t15-/m0/s1. The van der Waals surface area contributed by atoms with Crippen LogP contribution in [-0.4, -0.2) is 76.1 Å². The van der Waals surface area contributed by atoms with Gasteiger partial charge in [0.1, 0.15) is 22.0 Å². The molecule has 2 aromatic heterocycles. The molecule has 156 valence electrons. The van der Waals surface area contributed by atoms with Crippen molar-refractivity contribution in [2.45, 2.75) is 45.3 Å². The lowest BCUT2D eigenvalue weighted by Gasteiger charge is -2.37. The molecular weight excluding hydrogens is 390 g/mol. The molecule has 0 aromatic carbocycles. The van der Waals surface area contributed by atoms with E-state index in [0.717, 1.165) is 35.0 Å². The van der Waals surface area contributed by atoms with Crippen molar-refractivity contribution in [2.24, 2.45) is 0 Å². The van der Waals surface area contributed by atoms with E-state index in [1.807, 2.05) is 37.8 Å². The summed E-state index contributed by atoms with van der Waals surface area (Å²) in [6, 6.07) is 3.44. The molecule has 0 aliphatic carbocycles. The van der Waals surface area contributed by atoms with E-state index >= 15 is 0 Å². The van der Waals surface area contributed by atoms with E-state index in [2.05, 4.69) is 14.9 Å². The highest BCUT2D eigenvalue weighted by Gasteiger charge is 2.39. The molecule has 0 unspecified atom stereocenters. The van der Waals surface area contributed by atoms with E-state index in [4.69, 9.17) is 4.74 Å². The normalized spacial score (nSPS) is 20.4. The van der Waals surface area contributed by atoms with Crippen LogP contribution >= 0.6 is 11.3 Å². The zero-order chi connectivity index (χ0) is 20.6. The van der Waals surface area contributed by atoms with Gasteiger partial charge in [0.25, 0.3) is 0 Å². The highest BCUT2D eigenvalue weighted by molar-refractivity contribution is 7.21. The van der Waals surface area contributed by atoms with Crippen molar-refractivity contribution in [3.8, 4) is 0 Å². The van der Waals surface area contributed by atoms with Crippen LogP contribution in [-0.2, 0) is 9.53 Å². The van der Waals surface area contributed by atoms with E-state index in [1.54, 1.807) is 22.4 Å². The Morgan fingerprint density at radius 2 is 1.93 bits per heavy atom. The summed E-state index contributed by atoms with van der Waals surface area (Å²) in [6.07, 6.45) is 2.91. The van der Waals surface area contributed by atoms with Gasteiger partial charge in [-0.1, -0.05) is 11.3 Å². The molecule has 0 N–H and O–H groups in total. The first-order chi connectivity index (χ1) is 13.8. The third-order valence-electron chi connectivity index (χ3n) is 5.18. The first-order valence-electron chi connectivity index (χ1n) is 10.1. The summed E-state index contributed by atoms with van der Waals surface area (Å²) >= 11 is 1.58. The lowest BCUT2D eigenvalue weighted by molar-refractivity contribution is -0.136. The second kappa shape index (κ2) is 7.78. The van der Waals surface area contributed by atoms with Crippen LogP contribution in [0.2, 0.25) is 0 Å². The number of nitrogens with zero attached hydrogens (tertiary/aromatic N) is 5. The van der Waals surface area contributed by atoms with Gasteiger partial charge in [-0.2, -0.15) is 0 Å². The molecule has 1 atom stereocenters. The zero-order valence-corrected chi connectivity index (χ0v) is 17.9. The van der Waals surface area contributed by atoms with Crippen molar-refractivity contribution in [3.05, 3.63) is 18.3 Å². The molecule has 2 aliphatic heterocycles. The van der Waals surface area contributed by atoms with Gasteiger partial charge in [0.15, 0.2) is 5.13 Å². The Morgan fingerprint density at radius 1 is 1.17 bits per heavy atom. The summed E-state index contributed by atoms with van der Waals surface area (Å²) in [5, 5.41) is 0.946. The van der Waals surface area contributed by atoms with E-state index in [1.165, 1.54) is 0 Å². The number of carbonyl (C=O) groups is 2. The van der Waals surface area contributed by atoms with Crippen LogP contribution in [0.15, 0.2) is 18.3 Å². The summed E-state index contributed by atoms with van der Waals surface area (Å²) in [5.41, 5.74) is 0.343. The van der Waals surface area contributed by atoms with Crippen LogP contribution in [0.1, 0.15) is 33.6 Å². The van der Waals surface area contributed by atoms with Crippen molar-refractivity contribution < 1.29 is 14.3 Å². The Labute approximate surface area is 174 Å². The largest absolute Gasteiger partial charge is 0.444 e. The first-order valence-corrected chi connectivity index (χ1v) is 10.9. The predicted molar refractivity (Wildman–Crippen MR) is 112 cm³/mol. The average Bonchev–Trinajstić information content (AvgIpc) is 3.33. The van der Waals surface area contributed by atoms with Gasteiger partial charge in [0.05, 0.1) is 0 Å². The average molecular weight is 418 g/mol. The number of piperazine rings is 1. The molecule has 4 rings (SSSR count). The minimum absolute atomic E-state index is 0.0268. The number of aromatic nitrogens is 2. The number of pyridine rings is 1. The van der Waals surface area contributed by atoms with Gasteiger partial charge in [-0.05, 0) is 45.7 Å².